The highest BCUT2D eigenvalue weighted by molar-refractivity contribution is 5.96. The smallest absolute Gasteiger partial charge is 0.321 e. The summed E-state index contributed by atoms with van der Waals surface area (Å²) in [7, 11) is 0. The lowest BCUT2D eigenvalue weighted by Crippen LogP contribution is -2.50. The first-order valence-electron chi connectivity index (χ1n) is 10.0. The third-order valence-corrected chi connectivity index (χ3v) is 5.55. The van der Waals surface area contributed by atoms with Crippen molar-refractivity contribution in [1.82, 2.24) is 14.8 Å². The summed E-state index contributed by atoms with van der Waals surface area (Å²) in [6.45, 7) is 5.64. The molecule has 1 saturated heterocycles. The van der Waals surface area contributed by atoms with E-state index in [1.165, 1.54) is 23.4 Å². The summed E-state index contributed by atoms with van der Waals surface area (Å²) < 4.78 is 0. The lowest BCUT2D eigenvalue weighted by molar-refractivity contribution is 0.101. The lowest BCUT2D eigenvalue weighted by Gasteiger charge is -2.34. The minimum atomic E-state index is -0.109. The van der Waals surface area contributed by atoms with Crippen LogP contribution in [0.4, 0.5) is 10.5 Å². The van der Waals surface area contributed by atoms with Gasteiger partial charge in [-0.2, -0.15) is 0 Å². The van der Waals surface area contributed by atoms with Gasteiger partial charge in [-0.1, -0.05) is 30.3 Å². The second-order valence-electron chi connectivity index (χ2n) is 7.51. The molecule has 150 valence electrons. The van der Waals surface area contributed by atoms with E-state index in [0.29, 0.717) is 24.3 Å². The van der Waals surface area contributed by atoms with Gasteiger partial charge in [0.2, 0.25) is 0 Å². The van der Waals surface area contributed by atoms with E-state index in [1.807, 2.05) is 17.0 Å². The fraction of sp³-hybridized carbons (Fsp3) is 0.304. The maximum atomic E-state index is 12.6. The SMILES string of the molecule is CC(=O)c1cccc(NC(=O)N2CCN(CCc3c[nH]c4ccccc34)CC2)c1. The zero-order valence-corrected chi connectivity index (χ0v) is 16.6. The number of benzene rings is 2. The minimum Gasteiger partial charge on any atom is -0.361 e. The van der Waals surface area contributed by atoms with Gasteiger partial charge in [0.05, 0.1) is 0 Å². The zero-order valence-electron chi connectivity index (χ0n) is 16.6. The molecule has 3 aromatic rings. The molecule has 1 aromatic heterocycles. The van der Waals surface area contributed by atoms with Crippen LogP contribution in [-0.2, 0) is 6.42 Å². The molecule has 2 heterocycles. The molecule has 4 rings (SSSR count). The van der Waals surface area contributed by atoms with Crippen LogP contribution in [0.2, 0.25) is 0 Å². The normalized spacial score (nSPS) is 14.9. The Labute approximate surface area is 170 Å². The monoisotopic (exact) mass is 390 g/mol. The Bertz CT molecular complexity index is 1020. The Morgan fingerprint density at radius 1 is 1.03 bits per heavy atom. The van der Waals surface area contributed by atoms with Crippen LogP contribution in [0.25, 0.3) is 10.9 Å². The minimum absolute atomic E-state index is 0.00934. The Kier molecular flexibility index (Phi) is 5.62. The Balaban J connectivity index is 1.27. The number of nitrogens with zero attached hydrogens (tertiary/aromatic N) is 2. The Hall–Kier alpha value is -3.12. The summed E-state index contributed by atoms with van der Waals surface area (Å²) >= 11 is 0. The number of anilines is 1. The standard InChI is InChI=1S/C23H26N4O2/c1-17(28)18-5-4-6-20(15-18)25-23(29)27-13-11-26(12-14-27)10-9-19-16-24-22-8-3-2-7-21(19)22/h2-8,15-16,24H,9-14H2,1H3,(H,25,29). The highest BCUT2D eigenvalue weighted by atomic mass is 16.2. The first kappa shape index (κ1) is 19.2. The van der Waals surface area contributed by atoms with Crippen molar-refractivity contribution in [2.45, 2.75) is 13.3 Å². The zero-order chi connectivity index (χ0) is 20.2. The number of hydrogen-bond acceptors (Lipinski definition) is 3. The molecule has 29 heavy (non-hydrogen) atoms. The van der Waals surface area contributed by atoms with Crippen molar-refractivity contribution >= 4 is 28.4 Å². The van der Waals surface area contributed by atoms with Gasteiger partial charge >= 0.3 is 6.03 Å². The van der Waals surface area contributed by atoms with E-state index in [9.17, 15) is 9.59 Å². The number of aromatic nitrogens is 1. The van der Waals surface area contributed by atoms with Gasteiger partial charge in [-0.05, 0) is 37.1 Å². The molecule has 2 aromatic carbocycles. The Morgan fingerprint density at radius 3 is 2.62 bits per heavy atom. The second-order valence-corrected chi connectivity index (χ2v) is 7.51. The third-order valence-electron chi connectivity index (χ3n) is 5.55. The number of fused-ring (bicyclic) bond motifs is 1. The van der Waals surface area contributed by atoms with Gasteiger partial charge in [-0.25, -0.2) is 4.79 Å². The highest BCUT2D eigenvalue weighted by Crippen LogP contribution is 2.19. The van der Waals surface area contributed by atoms with Gasteiger partial charge in [-0.3, -0.25) is 9.69 Å². The molecule has 6 nitrogen and oxygen atoms in total. The first-order chi connectivity index (χ1) is 14.1. The van der Waals surface area contributed by atoms with Gasteiger partial charge in [0.1, 0.15) is 0 Å². The lowest BCUT2D eigenvalue weighted by atomic mass is 10.1. The number of rotatable bonds is 5. The van der Waals surface area contributed by atoms with Crippen LogP contribution in [0.1, 0.15) is 22.8 Å². The second kappa shape index (κ2) is 8.49. The fourth-order valence-electron chi connectivity index (χ4n) is 3.81. The number of Topliss-reactive ketones (excluding diaryl/α,β-unsaturated/α-hetero) is 1. The molecule has 0 radical (unpaired) electrons. The van der Waals surface area contributed by atoms with E-state index >= 15 is 0 Å². The highest BCUT2D eigenvalue weighted by Gasteiger charge is 2.21. The van der Waals surface area contributed by atoms with Crippen molar-refractivity contribution in [3.8, 4) is 0 Å². The summed E-state index contributed by atoms with van der Waals surface area (Å²) in [6.07, 6.45) is 3.09. The van der Waals surface area contributed by atoms with E-state index in [-0.39, 0.29) is 11.8 Å². The number of carbonyl (C=O) groups is 2. The van der Waals surface area contributed by atoms with Crippen LogP contribution in [-0.4, -0.2) is 59.3 Å². The number of H-pyrrole nitrogens is 1. The van der Waals surface area contributed by atoms with Crippen molar-refractivity contribution < 1.29 is 9.59 Å². The van der Waals surface area contributed by atoms with Gasteiger partial charge in [0.15, 0.2) is 5.78 Å². The van der Waals surface area contributed by atoms with Crippen LogP contribution in [0.3, 0.4) is 0 Å². The molecule has 1 aliphatic rings. The molecule has 0 unspecified atom stereocenters. The third kappa shape index (κ3) is 4.49. The molecule has 0 atom stereocenters. The topological polar surface area (TPSA) is 68.4 Å². The van der Waals surface area contributed by atoms with E-state index < -0.39 is 0 Å². The molecule has 0 saturated carbocycles. The largest absolute Gasteiger partial charge is 0.361 e. The van der Waals surface area contributed by atoms with Crippen LogP contribution >= 0.6 is 0 Å². The number of urea groups is 1. The molecule has 1 aliphatic heterocycles. The van der Waals surface area contributed by atoms with E-state index in [2.05, 4.69) is 39.6 Å². The molecule has 0 bridgehead atoms. The van der Waals surface area contributed by atoms with E-state index in [0.717, 1.165) is 26.1 Å². The molecular weight excluding hydrogens is 364 g/mol. The van der Waals surface area contributed by atoms with Crippen molar-refractivity contribution in [1.29, 1.82) is 0 Å². The van der Waals surface area contributed by atoms with Crippen LogP contribution in [0.15, 0.2) is 54.7 Å². The summed E-state index contributed by atoms with van der Waals surface area (Å²) in [5, 5.41) is 4.20. The van der Waals surface area contributed by atoms with Gasteiger partial charge in [0.25, 0.3) is 0 Å². The van der Waals surface area contributed by atoms with Crippen LogP contribution < -0.4 is 5.32 Å². The first-order valence-corrected chi connectivity index (χ1v) is 10.0. The van der Waals surface area contributed by atoms with Crippen molar-refractivity contribution in [2.75, 3.05) is 38.0 Å². The predicted octanol–water partition coefficient (Wildman–Crippen LogP) is 3.76. The number of para-hydroxylation sites is 1. The molecule has 2 N–H and O–H groups in total. The number of ketones is 1. The fourth-order valence-corrected chi connectivity index (χ4v) is 3.81. The molecule has 2 amide bonds. The van der Waals surface area contributed by atoms with Crippen LogP contribution in [0.5, 0.6) is 0 Å². The van der Waals surface area contributed by atoms with Gasteiger partial charge in [-0.15, -0.1) is 0 Å². The summed E-state index contributed by atoms with van der Waals surface area (Å²) in [5.41, 5.74) is 3.78. The Morgan fingerprint density at radius 2 is 1.83 bits per heavy atom. The van der Waals surface area contributed by atoms with Crippen molar-refractivity contribution in [2.24, 2.45) is 0 Å². The number of piperazine rings is 1. The molecule has 6 heteroatoms. The number of carbonyl (C=O) groups excluding carboxylic acids is 2. The van der Waals surface area contributed by atoms with Crippen molar-refractivity contribution in [3.05, 3.63) is 65.9 Å². The molecule has 0 spiro atoms. The maximum absolute atomic E-state index is 12.6. The number of aromatic amines is 1. The average molecular weight is 390 g/mol. The van der Waals surface area contributed by atoms with Crippen molar-refractivity contribution in [3.63, 3.8) is 0 Å². The summed E-state index contributed by atoms with van der Waals surface area (Å²) in [6, 6.07) is 15.3. The number of amides is 2. The maximum Gasteiger partial charge on any atom is 0.321 e. The summed E-state index contributed by atoms with van der Waals surface area (Å²) in [5.74, 6) is -0.00934. The predicted molar refractivity (Wildman–Crippen MR) is 115 cm³/mol. The van der Waals surface area contributed by atoms with E-state index in [4.69, 9.17) is 0 Å². The average Bonchev–Trinajstić information content (AvgIpc) is 3.16. The van der Waals surface area contributed by atoms with Crippen LogP contribution in [0, 0.1) is 0 Å². The molecular formula is C23H26N4O2. The number of nitrogens with one attached hydrogen (secondary N) is 2. The van der Waals surface area contributed by atoms with Gasteiger partial charge < -0.3 is 15.2 Å². The molecule has 1 fully saturated rings. The van der Waals surface area contributed by atoms with Gasteiger partial charge in [0, 0.05) is 61.1 Å². The molecule has 0 aliphatic carbocycles. The van der Waals surface area contributed by atoms with E-state index in [1.54, 1.807) is 18.2 Å². The quantitative estimate of drug-likeness (QED) is 0.652. The number of hydrogen-bond donors (Lipinski definition) is 2. The summed E-state index contributed by atoms with van der Waals surface area (Å²) in [4.78, 5) is 31.6.